The molecule has 104 valence electrons. The van der Waals surface area contributed by atoms with Crippen LogP contribution >= 0.6 is 0 Å². The van der Waals surface area contributed by atoms with Gasteiger partial charge >= 0.3 is 0 Å². The molecule has 0 fully saturated rings. The molecule has 0 aliphatic heterocycles. The van der Waals surface area contributed by atoms with Crippen LogP contribution in [0.15, 0.2) is 36.7 Å². The molecule has 21 heavy (non-hydrogen) atoms. The van der Waals surface area contributed by atoms with E-state index in [9.17, 15) is 5.26 Å². The van der Waals surface area contributed by atoms with Gasteiger partial charge in [0.1, 0.15) is 24.0 Å². The predicted octanol–water partition coefficient (Wildman–Crippen LogP) is 1.89. The highest BCUT2D eigenvalue weighted by atomic mass is 15.2. The van der Waals surface area contributed by atoms with Gasteiger partial charge in [0.05, 0.1) is 11.1 Å². The lowest BCUT2D eigenvalue weighted by Crippen LogP contribution is -2.10. The third-order valence-corrected chi connectivity index (χ3v) is 3.29. The van der Waals surface area contributed by atoms with Crippen LogP contribution in [0.4, 0.5) is 5.82 Å². The highest BCUT2D eigenvalue weighted by molar-refractivity contribution is 5.82. The summed E-state index contributed by atoms with van der Waals surface area (Å²) in [6.45, 7) is 0.645. The van der Waals surface area contributed by atoms with Crippen molar-refractivity contribution in [1.29, 1.82) is 5.26 Å². The summed E-state index contributed by atoms with van der Waals surface area (Å²) in [7, 11) is 1.91. The SMILES string of the molecule is Cn1cnnc1CCNc1nc2ccccc2cc1C#N. The van der Waals surface area contributed by atoms with Gasteiger partial charge in [-0.2, -0.15) is 5.26 Å². The van der Waals surface area contributed by atoms with Gasteiger partial charge < -0.3 is 9.88 Å². The fourth-order valence-electron chi connectivity index (χ4n) is 2.16. The third-order valence-electron chi connectivity index (χ3n) is 3.29. The summed E-state index contributed by atoms with van der Waals surface area (Å²) < 4.78 is 1.88. The molecule has 0 spiro atoms. The number of rotatable bonds is 4. The van der Waals surface area contributed by atoms with E-state index in [0.717, 1.165) is 23.1 Å². The zero-order chi connectivity index (χ0) is 14.7. The van der Waals surface area contributed by atoms with Crippen LogP contribution in [0.25, 0.3) is 10.9 Å². The van der Waals surface area contributed by atoms with Gasteiger partial charge in [-0.3, -0.25) is 0 Å². The molecule has 3 rings (SSSR count). The molecule has 0 atom stereocenters. The first-order valence-corrected chi connectivity index (χ1v) is 6.64. The average Bonchev–Trinajstić information content (AvgIpc) is 2.92. The maximum atomic E-state index is 9.25. The van der Waals surface area contributed by atoms with E-state index >= 15 is 0 Å². The normalized spacial score (nSPS) is 10.5. The van der Waals surface area contributed by atoms with Gasteiger partial charge in [0.15, 0.2) is 0 Å². The lowest BCUT2D eigenvalue weighted by molar-refractivity contribution is 0.787. The van der Waals surface area contributed by atoms with Gasteiger partial charge in [0.25, 0.3) is 0 Å². The van der Waals surface area contributed by atoms with Gasteiger partial charge in [-0.1, -0.05) is 18.2 Å². The number of hydrogen-bond acceptors (Lipinski definition) is 5. The van der Waals surface area contributed by atoms with Crippen LogP contribution in [0, 0.1) is 11.3 Å². The lowest BCUT2D eigenvalue weighted by Gasteiger charge is -2.08. The highest BCUT2D eigenvalue weighted by Crippen LogP contribution is 2.19. The van der Waals surface area contributed by atoms with Crippen LogP contribution < -0.4 is 5.32 Å². The molecule has 0 saturated heterocycles. The first kappa shape index (κ1) is 13.1. The Morgan fingerprint density at radius 1 is 1.33 bits per heavy atom. The summed E-state index contributed by atoms with van der Waals surface area (Å²) in [6.07, 6.45) is 2.39. The molecule has 1 N–H and O–H groups in total. The summed E-state index contributed by atoms with van der Waals surface area (Å²) >= 11 is 0. The molecule has 2 heterocycles. The summed E-state index contributed by atoms with van der Waals surface area (Å²) in [5.41, 5.74) is 1.42. The van der Waals surface area contributed by atoms with E-state index in [0.29, 0.717) is 17.9 Å². The van der Waals surface area contributed by atoms with E-state index in [1.807, 2.05) is 41.9 Å². The van der Waals surface area contributed by atoms with Crippen molar-refractivity contribution in [2.24, 2.45) is 7.05 Å². The van der Waals surface area contributed by atoms with Crippen molar-refractivity contribution in [3.8, 4) is 6.07 Å². The van der Waals surface area contributed by atoms with Crippen molar-refractivity contribution >= 4 is 16.7 Å². The summed E-state index contributed by atoms with van der Waals surface area (Å²) in [5, 5.41) is 21.3. The Hall–Kier alpha value is -2.94. The van der Waals surface area contributed by atoms with Gasteiger partial charge in [-0.05, 0) is 12.1 Å². The quantitative estimate of drug-likeness (QED) is 0.788. The second kappa shape index (κ2) is 5.59. The van der Waals surface area contributed by atoms with Crippen molar-refractivity contribution in [2.45, 2.75) is 6.42 Å². The Morgan fingerprint density at radius 3 is 2.95 bits per heavy atom. The number of pyridine rings is 1. The van der Waals surface area contributed by atoms with Gasteiger partial charge in [0, 0.05) is 25.4 Å². The maximum Gasteiger partial charge on any atom is 0.144 e. The molecule has 0 aliphatic carbocycles. The average molecular weight is 278 g/mol. The Bertz CT molecular complexity index is 814. The molecular weight excluding hydrogens is 264 g/mol. The molecule has 3 aromatic rings. The number of para-hydroxylation sites is 1. The third kappa shape index (κ3) is 2.67. The Labute approximate surface area is 122 Å². The molecule has 1 aromatic carbocycles. The van der Waals surface area contributed by atoms with Crippen molar-refractivity contribution in [2.75, 3.05) is 11.9 Å². The molecule has 0 saturated carbocycles. The number of fused-ring (bicyclic) bond motifs is 1. The predicted molar refractivity (Wildman–Crippen MR) is 79.7 cm³/mol. The number of hydrogen-bond donors (Lipinski definition) is 1. The summed E-state index contributed by atoms with van der Waals surface area (Å²) in [4.78, 5) is 4.51. The van der Waals surface area contributed by atoms with Crippen LogP contribution in [0.5, 0.6) is 0 Å². The summed E-state index contributed by atoms with van der Waals surface area (Å²) in [5.74, 6) is 1.50. The topological polar surface area (TPSA) is 79.4 Å². The molecule has 0 bridgehead atoms. The molecular formula is C15H14N6. The van der Waals surface area contributed by atoms with E-state index in [4.69, 9.17) is 0 Å². The minimum atomic E-state index is 0.548. The van der Waals surface area contributed by atoms with E-state index < -0.39 is 0 Å². The van der Waals surface area contributed by atoms with E-state index in [2.05, 4.69) is 26.6 Å². The highest BCUT2D eigenvalue weighted by Gasteiger charge is 2.07. The molecule has 0 aliphatic rings. The fraction of sp³-hybridized carbons (Fsp3) is 0.200. The van der Waals surface area contributed by atoms with E-state index in [-0.39, 0.29) is 0 Å². The van der Waals surface area contributed by atoms with Crippen LogP contribution in [-0.2, 0) is 13.5 Å². The van der Waals surface area contributed by atoms with Crippen molar-refractivity contribution < 1.29 is 0 Å². The number of nitrogens with zero attached hydrogens (tertiary/aromatic N) is 5. The largest absolute Gasteiger partial charge is 0.369 e. The van der Waals surface area contributed by atoms with Crippen LogP contribution in [0.3, 0.4) is 0 Å². The van der Waals surface area contributed by atoms with Crippen molar-refractivity contribution in [3.05, 3.63) is 48.0 Å². The van der Waals surface area contributed by atoms with E-state index in [1.54, 1.807) is 6.33 Å². The number of aryl methyl sites for hydroxylation is 1. The second-order valence-electron chi connectivity index (χ2n) is 4.72. The smallest absolute Gasteiger partial charge is 0.144 e. The lowest BCUT2D eigenvalue weighted by atomic mass is 10.1. The minimum Gasteiger partial charge on any atom is -0.369 e. The fourth-order valence-corrected chi connectivity index (χ4v) is 2.16. The zero-order valence-electron chi connectivity index (χ0n) is 11.6. The molecule has 0 amide bonds. The number of nitrogens with one attached hydrogen (secondary N) is 1. The van der Waals surface area contributed by atoms with Gasteiger partial charge in [-0.15, -0.1) is 10.2 Å². The van der Waals surface area contributed by atoms with Gasteiger partial charge in [0.2, 0.25) is 0 Å². The number of aromatic nitrogens is 4. The molecule has 2 aromatic heterocycles. The Kier molecular flexibility index (Phi) is 3.48. The van der Waals surface area contributed by atoms with Crippen LogP contribution in [-0.4, -0.2) is 26.3 Å². The monoisotopic (exact) mass is 278 g/mol. The zero-order valence-corrected chi connectivity index (χ0v) is 11.6. The first-order chi connectivity index (χ1) is 10.3. The van der Waals surface area contributed by atoms with Crippen LogP contribution in [0.2, 0.25) is 0 Å². The maximum absolute atomic E-state index is 9.25. The number of anilines is 1. The standard InChI is InChI=1S/C15H14N6/c1-21-10-18-20-14(21)6-7-17-15-12(9-16)8-11-4-2-3-5-13(11)19-15/h2-5,8,10H,6-7H2,1H3,(H,17,19). The molecule has 6 nitrogen and oxygen atoms in total. The van der Waals surface area contributed by atoms with Crippen LogP contribution in [0.1, 0.15) is 11.4 Å². The number of benzene rings is 1. The Balaban J connectivity index is 1.80. The molecule has 0 unspecified atom stereocenters. The molecule has 0 radical (unpaired) electrons. The molecule has 6 heteroatoms. The summed E-state index contributed by atoms with van der Waals surface area (Å²) in [6, 6.07) is 11.8. The second-order valence-corrected chi connectivity index (χ2v) is 4.72. The first-order valence-electron chi connectivity index (χ1n) is 6.64. The Morgan fingerprint density at radius 2 is 2.19 bits per heavy atom. The number of nitriles is 1. The van der Waals surface area contributed by atoms with Gasteiger partial charge in [-0.25, -0.2) is 4.98 Å². The van der Waals surface area contributed by atoms with Crippen molar-refractivity contribution in [1.82, 2.24) is 19.7 Å². The minimum absolute atomic E-state index is 0.548. The van der Waals surface area contributed by atoms with Crippen molar-refractivity contribution in [3.63, 3.8) is 0 Å². The van der Waals surface area contributed by atoms with E-state index in [1.165, 1.54) is 0 Å².